The van der Waals surface area contributed by atoms with Crippen LogP contribution < -0.4 is 9.80 Å². The summed E-state index contributed by atoms with van der Waals surface area (Å²) in [4.78, 5) is 36.9. The van der Waals surface area contributed by atoms with Crippen molar-refractivity contribution in [3.8, 4) is 46.8 Å². The molecule has 76 heavy (non-hydrogen) atoms. The van der Waals surface area contributed by atoms with Crippen molar-refractivity contribution in [2.24, 2.45) is 11.8 Å². The molecular formula is C54H56N18OS2Si. The Morgan fingerprint density at radius 3 is 1.83 bits per heavy atom. The van der Waals surface area contributed by atoms with Gasteiger partial charge in [0.25, 0.3) is 0 Å². The summed E-state index contributed by atoms with van der Waals surface area (Å²) in [6.07, 6.45) is 22.9. The molecular weight excluding hydrogens is 1010 g/mol. The largest absolute Gasteiger partial charge is 0.361 e. The maximum absolute atomic E-state index is 9.95. The number of aromatic amines is 1. The first kappa shape index (κ1) is 50.5. The molecule has 1 N–H and O–H groups in total. The lowest BCUT2D eigenvalue weighted by Gasteiger charge is -2.23. The van der Waals surface area contributed by atoms with Gasteiger partial charge in [-0.25, -0.2) is 29.9 Å². The average Bonchev–Trinajstić information content (AvgIpc) is 4.30. The van der Waals surface area contributed by atoms with Gasteiger partial charge in [-0.05, 0) is 55.0 Å². The number of hydrogen-bond donors (Lipinski definition) is 1. The highest BCUT2D eigenvalue weighted by molar-refractivity contribution is 8.00. The molecule has 0 spiro atoms. The van der Waals surface area contributed by atoms with Crippen LogP contribution in [0.3, 0.4) is 0 Å². The molecule has 2 saturated heterocycles. The van der Waals surface area contributed by atoms with Crippen LogP contribution in [0.15, 0.2) is 84.2 Å². The number of aromatic nitrogens is 12. The number of nitriles is 4. The first-order valence-corrected chi connectivity index (χ1v) is 31.4. The third-order valence-electron chi connectivity index (χ3n) is 14.9. The lowest BCUT2D eigenvalue weighted by molar-refractivity contribution is 0.0899. The van der Waals surface area contributed by atoms with E-state index in [4.69, 9.17) is 14.8 Å². The molecule has 4 aliphatic rings. The number of thioether (sulfide) groups is 2. The monoisotopic (exact) mass is 1060 g/mol. The van der Waals surface area contributed by atoms with E-state index in [9.17, 15) is 21.0 Å². The van der Waals surface area contributed by atoms with E-state index < -0.39 is 8.07 Å². The van der Waals surface area contributed by atoms with Gasteiger partial charge in [-0.1, -0.05) is 19.6 Å². The molecule has 0 saturated carbocycles. The van der Waals surface area contributed by atoms with Gasteiger partial charge in [0.1, 0.15) is 65.6 Å². The number of H-pyrrole nitrogens is 1. The van der Waals surface area contributed by atoms with Gasteiger partial charge in [0.05, 0.1) is 60.8 Å². The minimum Gasteiger partial charge on any atom is -0.361 e. The molecule has 12 rings (SSSR count). The van der Waals surface area contributed by atoms with Crippen LogP contribution in [0, 0.1) is 57.2 Å². The van der Waals surface area contributed by atoms with Crippen molar-refractivity contribution in [3.05, 3.63) is 96.6 Å². The quantitative estimate of drug-likeness (QED) is 0.0742. The summed E-state index contributed by atoms with van der Waals surface area (Å²) in [6, 6.07) is 14.5. The molecule has 0 bridgehead atoms. The predicted octanol–water partition coefficient (Wildman–Crippen LogP) is 9.22. The van der Waals surface area contributed by atoms with Crippen molar-refractivity contribution in [1.82, 2.24) is 59.0 Å². The van der Waals surface area contributed by atoms with Crippen molar-refractivity contribution in [2.45, 2.75) is 92.8 Å². The average molecular weight is 1070 g/mol. The number of anilines is 2. The van der Waals surface area contributed by atoms with Crippen LogP contribution in [0.4, 0.5) is 11.6 Å². The molecule has 22 heteroatoms. The summed E-state index contributed by atoms with van der Waals surface area (Å²) < 4.78 is 11.8. The summed E-state index contributed by atoms with van der Waals surface area (Å²) in [7, 11) is -1.15. The molecule has 2 fully saturated rings. The Bertz CT molecular complexity index is 3610. The second kappa shape index (κ2) is 21.9. The fourth-order valence-corrected chi connectivity index (χ4v) is 14.0. The third kappa shape index (κ3) is 10.1. The van der Waals surface area contributed by atoms with Gasteiger partial charge in [0.15, 0.2) is 0 Å². The van der Waals surface area contributed by atoms with E-state index >= 15 is 0 Å². The fourth-order valence-electron chi connectivity index (χ4n) is 10.9. The van der Waals surface area contributed by atoms with Gasteiger partial charge in [-0.3, -0.25) is 9.36 Å². The number of nitrogens with zero attached hydrogens (tertiary/aromatic N) is 17. The molecule has 0 amide bonds. The minimum atomic E-state index is -1.15. The highest BCUT2D eigenvalue weighted by Gasteiger charge is 2.36. The summed E-state index contributed by atoms with van der Waals surface area (Å²) in [6.45, 7) is 11.3. The molecule has 12 heterocycles. The zero-order chi connectivity index (χ0) is 52.3. The lowest BCUT2D eigenvalue weighted by atomic mass is 9.96. The van der Waals surface area contributed by atoms with E-state index in [0.29, 0.717) is 30.7 Å². The van der Waals surface area contributed by atoms with Gasteiger partial charge in [-0.2, -0.15) is 31.2 Å². The van der Waals surface area contributed by atoms with Gasteiger partial charge in [0, 0.05) is 133 Å². The van der Waals surface area contributed by atoms with E-state index in [0.717, 1.165) is 142 Å². The van der Waals surface area contributed by atoms with Crippen LogP contribution in [0.25, 0.3) is 44.6 Å². The van der Waals surface area contributed by atoms with Crippen LogP contribution in [0.1, 0.15) is 60.0 Å². The Morgan fingerprint density at radius 2 is 1.28 bits per heavy atom. The normalized spacial score (nSPS) is 17.7. The number of ether oxygens (including phenoxy) is 1. The van der Waals surface area contributed by atoms with E-state index in [1.807, 2.05) is 69.4 Å². The maximum atomic E-state index is 9.95. The third-order valence-corrected chi connectivity index (χ3v) is 19.0. The van der Waals surface area contributed by atoms with Gasteiger partial charge >= 0.3 is 0 Å². The van der Waals surface area contributed by atoms with Gasteiger partial charge in [0.2, 0.25) is 0 Å². The molecule has 0 aliphatic carbocycles. The van der Waals surface area contributed by atoms with Crippen molar-refractivity contribution < 1.29 is 4.74 Å². The Morgan fingerprint density at radius 1 is 0.711 bits per heavy atom. The lowest BCUT2D eigenvalue weighted by Crippen LogP contribution is -2.26. The van der Waals surface area contributed by atoms with Crippen molar-refractivity contribution in [1.29, 1.82) is 21.0 Å². The highest BCUT2D eigenvalue weighted by atomic mass is 32.2. The van der Waals surface area contributed by atoms with E-state index in [2.05, 4.69) is 88.7 Å². The standard InChI is InChI=1S/C30H35N9OSSi.C24H21N9S/c1-42(2,3)13-11-40-20-38-10-6-24-27(34-19-35-29(24)38)23-16-36-39(18-23)26(4-8-31)22-5-9-37(17-22)30-25(14-32)28-21(15-33-30)7-12-41-28;25-5-1-20(33-13-17(11-31-33)21-18-2-6-27-23(18)30-14-29-21)16-3-7-32(12-16)24-19(9-26)22-15(10-28-24)4-8-34-22/h6,10,15-16,18-19,22,26H,4-5,7,9,11-13,17,20H2,1-3H3;2,6,10-11,13-14,16,20H,1,3-4,7-8,12H2,(H,27,29,30). The van der Waals surface area contributed by atoms with E-state index in [1.54, 1.807) is 42.4 Å². The molecule has 19 nitrogen and oxygen atoms in total. The molecule has 384 valence electrons. The molecule has 4 aliphatic heterocycles. The maximum Gasteiger partial charge on any atom is 0.147 e. The highest BCUT2D eigenvalue weighted by Crippen LogP contribution is 2.42. The second-order valence-electron chi connectivity index (χ2n) is 20.9. The van der Waals surface area contributed by atoms with E-state index in [1.165, 1.54) is 11.1 Å². The SMILES string of the molecule is C[Si](C)(C)CCOCn1ccc2c(-c3cnn(C(CC#N)C4CCN(c5ncc6c(c5C#N)SCC6)C4)c3)ncnc21.N#CCC(C1CCN(c2ncc3c(c2C#N)SCC3)C1)n1cc(-c2ncnc3[nH]ccc23)cn1. The van der Waals surface area contributed by atoms with Crippen LogP contribution in [-0.2, 0) is 24.3 Å². The Kier molecular flexibility index (Phi) is 14.6. The molecule has 0 aromatic carbocycles. The number of rotatable bonds is 15. The van der Waals surface area contributed by atoms with E-state index in [-0.39, 0.29) is 23.9 Å². The van der Waals surface area contributed by atoms with Gasteiger partial charge in [-0.15, -0.1) is 23.5 Å². The molecule has 4 atom stereocenters. The Hall–Kier alpha value is -7.60. The summed E-state index contributed by atoms with van der Waals surface area (Å²) in [5, 5.41) is 50.3. The predicted molar refractivity (Wildman–Crippen MR) is 294 cm³/mol. The zero-order valence-corrected chi connectivity index (χ0v) is 45.3. The Balaban J connectivity index is 0.000000166. The summed E-state index contributed by atoms with van der Waals surface area (Å²) in [5.41, 5.74) is 8.76. The smallest absolute Gasteiger partial charge is 0.147 e. The van der Waals surface area contributed by atoms with Crippen LogP contribution >= 0.6 is 23.5 Å². The minimum absolute atomic E-state index is 0.0679. The molecule has 8 aromatic rings. The number of fused-ring (bicyclic) bond motifs is 4. The second-order valence-corrected chi connectivity index (χ2v) is 28.7. The van der Waals surface area contributed by atoms with Crippen molar-refractivity contribution in [2.75, 3.05) is 54.1 Å². The first-order valence-electron chi connectivity index (χ1n) is 25.7. The number of hydrogen-bond acceptors (Lipinski definition) is 17. The topological polar surface area (TPSA) is 245 Å². The van der Waals surface area contributed by atoms with Crippen molar-refractivity contribution >= 4 is 65.3 Å². The summed E-state index contributed by atoms with van der Waals surface area (Å²) in [5.74, 6) is 3.96. The first-order chi connectivity index (χ1) is 37.1. The fraction of sp³-hybridized carbons (Fsp3) is 0.407. The summed E-state index contributed by atoms with van der Waals surface area (Å²) >= 11 is 3.50. The van der Waals surface area contributed by atoms with Crippen LogP contribution in [0.2, 0.25) is 25.7 Å². The molecule has 4 unspecified atom stereocenters. The van der Waals surface area contributed by atoms with Crippen LogP contribution in [-0.4, -0.2) is 111 Å². The number of pyridine rings is 2. The molecule has 8 aromatic heterocycles. The molecule has 0 radical (unpaired) electrons. The zero-order valence-electron chi connectivity index (χ0n) is 42.7. The number of aryl methyl sites for hydroxylation is 2. The van der Waals surface area contributed by atoms with Crippen molar-refractivity contribution in [3.63, 3.8) is 0 Å². The number of nitrogens with one attached hydrogen (secondary N) is 1. The Labute approximate surface area is 450 Å². The van der Waals surface area contributed by atoms with Crippen LogP contribution in [0.5, 0.6) is 0 Å². The van der Waals surface area contributed by atoms with Gasteiger partial charge < -0.3 is 24.1 Å².